The highest BCUT2D eigenvalue weighted by Crippen LogP contribution is 2.37. The normalized spacial score (nSPS) is 26.2. The van der Waals surface area contributed by atoms with E-state index in [2.05, 4.69) is 73.4 Å². The van der Waals surface area contributed by atoms with Crippen molar-refractivity contribution in [3.05, 3.63) is 102 Å². The SMILES string of the molecule is CCCC[C@H]1C(=O)N(C)[C@@H](CCCC)C(=O)N[C@@H](CCCNC(=N)N)C(=O)N[C@H](C(=O)NCC(N)=O)CSCC(=O)N[C@@H](Cc2ccc(N=C(N)N)cc2)C(=O)N(C)[C@@H](C)C(=O)N[C@@H](CC(N)=O)C(=O)N2CCC[C@H]2C(=O)N[C@@H](CN)C(=O)N[C@H]2CC(C)C3[C@H](O)C[C@@H](C(=O)N[C@@H](Cc4c[nH]c5ccccc45)C(=O)N[C@@H](CO)C(=O)N[C@@H](Cc4c[nH]c5ccccc45)C(=O)N1C)N3C2=O. The topological polar surface area (TPSA) is 703 Å². The number of carbonyl (C=O) groups excluding carboxylic acids is 17. The first kappa shape index (κ1) is 104. The molecule has 9 rings (SSSR count). The van der Waals surface area contributed by atoms with E-state index >= 15 is 33.6 Å². The van der Waals surface area contributed by atoms with E-state index in [1.165, 1.54) is 40.2 Å². The van der Waals surface area contributed by atoms with Gasteiger partial charge in [0.1, 0.15) is 84.6 Å². The van der Waals surface area contributed by atoms with Crippen LogP contribution in [0.5, 0.6) is 0 Å². The Morgan fingerprint density at radius 1 is 0.545 bits per heavy atom. The van der Waals surface area contributed by atoms with E-state index < -0.39 is 247 Å². The first-order valence-corrected chi connectivity index (χ1v) is 45.9. The third kappa shape index (κ3) is 27.4. The molecule has 0 radical (unpaired) electrons. The van der Waals surface area contributed by atoms with Crippen LogP contribution in [0.3, 0.4) is 0 Å². The number of likely N-dealkylation sites (N-methyl/N-ethyl adjacent to an activating group) is 3. The number of nitrogens with one attached hydrogen (secondary N) is 14. The van der Waals surface area contributed by atoms with Crippen molar-refractivity contribution in [1.82, 2.24) is 93.0 Å². The summed E-state index contributed by atoms with van der Waals surface area (Å²) in [5.74, 6) is -18.5. The summed E-state index contributed by atoms with van der Waals surface area (Å²) >= 11 is 0.760. The second-order valence-corrected chi connectivity index (χ2v) is 35.2. The van der Waals surface area contributed by atoms with Crippen LogP contribution in [0.25, 0.3) is 21.8 Å². The van der Waals surface area contributed by atoms with Gasteiger partial charge < -0.3 is 138 Å². The number of benzene rings is 3. The number of fused-ring (bicyclic) bond motifs is 4. The number of aliphatic imine (C=N–C) groups is 1. The minimum absolute atomic E-state index is 0.0126. The zero-order valence-electron chi connectivity index (χ0n) is 76.1. The number of rotatable bonds is 24. The maximum absolute atomic E-state index is 15.7. The van der Waals surface area contributed by atoms with Crippen molar-refractivity contribution in [1.29, 1.82) is 5.41 Å². The molecule has 17 amide bonds. The minimum atomic E-state index is -1.89. The number of piperidine rings is 1. The van der Waals surface area contributed by atoms with Crippen LogP contribution in [-0.2, 0) is 101 Å². The summed E-state index contributed by atoms with van der Waals surface area (Å²) in [6.07, 6.45) is 1.29. The molecule has 728 valence electrons. The van der Waals surface area contributed by atoms with Gasteiger partial charge in [0.15, 0.2) is 11.9 Å². The summed E-state index contributed by atoms with van der Waals surface area (Å²) < 4.78 is 0. The van der Waals surface area contributed by atoms with Gasteiger partial charge in [-0.2, -0.15) is 0 Å². The van der Waals surface area contributed by atoms with Crippen LogP contribution in [0.4, 0.5) is 5.69 Å². The van der Waals surface area contributed by atoms with Crippen LogP contribution >= 0.6 is 11.8 Å². The van der Waals surface area contributed by atoms with Gasteiger partial charge in [-0.3, -0.25) is 86.9 Å². The number of para-hydroxylation sites is 2. The number of carbonyl (C=O) groups is 17. The highest BCUT2D eigenvalue weighted by Gasteiger charge is 2.55. The molecule has 4 aliphatic rings. The molecule has 46 heteroatoms. The van der Waals surface area contributed by atoms with Gasteiger partial charge in [-0.25, -0.2) is 4.99 Å². The number of hydrogen-bond acceptors (Lipinski definition) is 23. The smallest absolute Gasteiger partial charge is 0.246 e. The van der Waals surface area contributed by atoms with E-state index in [1.54, 1.807) is 80.0 Å². The number of nitrogens with zero attached hydrogens (tertiary/aromatic N) is 6. The van der Waals surface area contributed by atoms with Crippen molar-refractivity contribution in [3.8, 4) is 0 Å². The number of hydrogen-bond donors (Lipinski definition) is 22. The molecule has 0 spiro atoms. The molecule has 2 aromatic heterocycles. The van der Waals surface area contributed by atoms with E-state index in [0.717, 1.165) is 36.3 Å². The second kappa shape index (κ2) is 48.8. The van der Waals surface area contributed by atoms with Crippen LogP contribution in [0.15, 0.2) is 90.2 Å². The van der Waals surface area contributed by atoms with Crippen molar-refractivity contribution in [2.75, 3.05) is 65.4 Å². The molecule has 134 heavy (non-hydrogen) atoms. The molecule has 3 aromatic carbocycles. The van der Waals surface area contributed by atoms with Gasteiger partial charge >= 0.3 is 0 Å². The predicted octanol–water partition coefficient (Wildman–Crippen LogP) is -5.37. The van der Waals surface area contributed by atoms with Gasteiger partial charge in [0.25, 0.3) is 0 Å². The molecular formula is C88H126N26O19S. The number of thioether (sulfide) groups is 1. The summed E-state index contributed by atoms with van der Waals surface area (Å²) in [7, 11) is 3.90. The maximum Gasteiger partial charge on any atom is 0.246 e. The number of guanidine groups is 2. The third-order valence-corrected chi connectivity index (χ3v) is 25.6. The summed E-state index contributed by atoms with van der Waals surface area (Å²) in [6.45, 7) is 4.06. The fraction of sp³-hybridized carbons (Fsp3) is 0.534. The Bertz CT molecular complexity index is 5140. The fourth-order valence-electron chi connectivity index (χ4n) is 17.2. The molecule has 2 unspecified atom stereocenters. The number of primary amides is 2. The number of amides is 17. The Kier molecular flexibility index (Phi) is 37.9. The number of aromatic nitrogens is 2. The van der Waals surface area contributed by atoms with Gasteiger partial charge in [-0.05, 0) is 98.7 Å². The number of aliphatic hydroxyl groups is 2. The van der Waals surface area contributed by atoms with Crippen molar-refractivity contribution in [2.24, 2.45) is 45.3 Å². The van der Waals surface area contributed by atoms with E-state index in [0.29, 0.717) is 69.9 Å². The van der Waals surface area contributed by atoms with Gasteiger partial charge in [-0.1, -0.05) is 95.0 Å². The first-order valence-electron chi connectivity index (χ1n) is 44.7. The molecule has 17 atom stereocenters. The maximum atomic E-state index is 15.7. The molecule has 4 aliphatic heterocycles. The lowest BCUT2D eigenvalue weighted by Crippen LogP contribution is -2.65. The molecule has 0 aliphatic carbocycles. The first-order chi connectivity index (χ1) is 63.8. The number of aromatic amines is 2. The Hall–Kier alpha value is -13.5. The lowest BCUT2D eigenvalue weighted by Gasteiger charge is -2.42. The fourth-order valence-corrected chi connectivity index (χ4v) is 18.1. The Morgan fingerprint density at radius 3 is 1.69 bits per heavy atom. The van der Waals surface area contributed by atoms with Gasteiger partial charge in [-0.15, -0.1) is 11.8 Å². The van der Waals surface area contributed by atoms with Crippen LogP contribution in [-0.4, -0.2) is 319 Å². The van der Waals surface area contributed by atoms with E-state index in [9.17, 15) is 58.2 Å². The van der Waals surface area contributed by atoms with Gasteiger partial charge in [0, 0.05) is 106 Å². The molecule has 4 fully saturated rings. The summed E-state index contributed by atoms with van der Waals surface area (Å²) in [5.41, 5.74) is 37.2. The highest BCUT2D eigenvalue weighted by molar-refractivity contribution is 8.00. The number of aliphatic hydroxyl groups excluding tert-OH is 2. The molecule has 5 aromatic rings. The molecule has 2 bridgehead atoms. The molecule has 28 N–H and O–H groups in total. The van der Waals surface area contributed by atoms with Crippen LogP contribution in [0.1, 0.15) is 128 Å². The molecule has 6 heterocycles. The minimum Gasteiger partial charge on any atom is -0.394 e. The Balaban J connectivity index is 1.09. The predicted molar refractivity (Wildman–Crippen MR) is 494 cm³/mol. The van der Waals surface area contributed by atoms with E-state index in [-0.39, 0.29) is 89.7 Å². The second-order valence-electron chi connectivity index (χ2n) is 34.2. The molecule has 4 saturated heterocycles. The standard InChI is InChI=1S/C88H126N26O19S/c1-8-10-23-64-79(126)102-55(22-16-30-96-87(92)93)75(122)109-63(74(121)99-41-70(91)118)43-134-44-71(119)101-58(33-47-26-28-50(29-27-47)100-88(94)95)82(129)110(5)46(4)73(120)104-60(36-69(90)117)84(131)113-31-17-25-65(113)80(127)107-61(38-89)77(124)105-57-32-45(3)72-68(116)37-67(114(72)85(57)132)81(128)103-56(34-48-39-97-53-20-14-12-18-51(48)53)76(123)108-62(42-115)78(125)106-59(35-49-40-98-54-21-15-13-19-52(49)54)83(130)112(7)66(24-11-9-2)86(133)111(64)6/h12-15,18-21,26-29,39-40,45-46,55-68,72,97-98,115-116H,8-11,16-17,22-25,30-38,41-44,89H2,1-7H3,(H2,90,117)(H2,91,118)(H,99,121)(H,101,119)(H,102,126)(H,103,128)(H,104,120)(H,105,124)(H,106,125)(H,107,127)(H,108,123)(H,109,122)(H4,92,93,96)(H4,94,95,100)/t45?,46-,55-,56-,57-,58-,59-,60-,61-,62-,63-,64-,65-,66-,67-,68+,72?/m0/s1. The average Bonchev–Trinajstić information content (AvgIpc) is 1.60. The molecular weight excluding hydrogens is 1760 g/mol. The summed E-state index contributed by atoms with van der Waals surface area (Å²) in [6, 6.07) is -2.70. The average molecular weight is 1880 g/mol. The van der Waals surface area contributed by atoms with Gasteiger partial charge in [0.05, 0.1) is 43.2 Å². The van der Waals surface area contributed by atoms with Crippen LogP contribution in [0.2, 0.25) is 0 Å². The summed E-state index contributed by atoms with van der Waals surface area (Å²) in [4.78, 5) is 265. The quantitative estimate of drug-likeness (QED) is 0.0156. The zero-order valence-corrected chi connectivity index (χ0v) is 76.9. The molecule has 0 saturated carbocycles. The molecule has 45 nitrogen and oxygen atoms in total. The van der Waals surface area contributed by atoms with Crippen molar-refractivity contribution in [2.45, 2.75) is 227 Å². The van der Waals surface area contributed by atoms with E-state index in [4.69, 9.17) is 39.8 Å². The van der Waals surface area contributed by atoms with Crippen LogP contribution in [0, 0.1) is 11.3 Å². The van der Waals surface area contributed by atoms with Crippen molar-refractivity contribution in [3.63, 3.8) is 0 Å². The van der Waals surface area contributed by atoms with Crippen molar-refractivity contribution >= 4 is 152 Å². The Labute approximate surface area is 777 Å². The van der Waals surface area contributed by atoms with Gasteiger partial charge in [0.2, 0.25) is 100 Å². The highest BCUT2D eigenvalue weighted by atomic mass is 32.2. The van der Waals surface area contributed by atoms with Crippen molar-refractivity contribution < 1.29 is 91.7 Å². The number of nitrogens with two attached hydrogens (primary N) is 6. The largest absolute Gasteiger partial charge is 0.394 e. The monoisotopic (exact) mass is 1880 g/mol. The lowest BCUT2D eigenvalue weighted by atomic mass is 9.86. The summed E-state index contributed by atoms with van der Waals surface area (Å²) in [5, 5.41) is 60.8. The Morgan fingerprint density at radius 2 is 1.09 bits per heavy atom. The number of unbranched alkanes of at least 4 members (excludes halogenated alkanes) is 2. The zero-order chi connectivity index (χ0) is 98.1. The lowest BCUT2D eigenvalue weighted by molar-refractivity contribution is -0.150. The van der Waals surface area contributed by atoms with Crippen LogP contribution < -0.4 is 92.9 Å². The van der Waals surface area contributed by atoms with E-state index in [1.807, 2.05) is 13.8 Å². The third-order valence-electron chi connectivity index (χ3n) is 24.5. The number of H-pyrrole nitrogens is 2.